The number of aromatic nitrogens is 2. The van der Waals surface area contributed by atoms with Crippen LogP contribution in [-0.2, 0) is 23.1 Å². The van der Waals surface area contributed by atoms with E-state index in [0.29, 0.717) is 19.6 Å². The molecule has 0 aliphatic rings. The molecule has 5 aromatic rings. The lowest BCUT2D eigenvalue weighted by Gasteiger charge is -2.23. The molecule has 35 heavy (non-hydrogen) atoms. The normalized spacial score (nSPS) is 11.9. The number of rotatable bonds is 9. The van der Waals surface area contributed by atoms with Crippen LogP contribution in [0.2, 0.25) is 0 Å². The minimum absolute atomic E-state index is 0.262. The Morgan fingerprint density at radius 3 is 1.74 bits per heavy atom. The van der Waals surface area contributed by atoms with Gasteiger partial charge in [0.1, 0.15) is 0 Å². The van der Waals surface area contributed by atoms with Gasteiger partial charge in [-0.1, -0.05) is 66.7 Å². The first-order valence-corrected chi connectivity index (χ1v) is 13.0. The van der Waals surface area contributed by atoms with E-state index in [4.69, 9.17) is 0 Å². The summed E-state index contributed by atoms with van der Waals surface area (Å²) in [4.78, 5) is 11.8. The van der Waals surface area contributed by atoms with Crippen LogP contribution in [0.1, 0.15) is 11.4 Å². The van der Waals surface area contributed by atoms with Gasteiger partial charge in [0, 0.05) is 49.3 Å². The maximum absolute atomic E-state index is 12.7. The van der Waals surface area contributed by atoms with Gasteiger partial charge in [-0.05, 0) is 35.0 Å². The van der Waals surface area contributed by atoms with Gasteiger partial charge in [0.2, 0.25) is 10.0 Å². The molecule has 7 heteroatoms. The van der Waals surface area contributed by atoms with Crippen molar-refractivity contribution in [2.75, 3.05) is 13.1 Å². The van der Waals surface area contributed by atoms with Crippen molar-refractivity contribution in [3.63, 3.8) is 0 Å². The van der Waals surface area contributed by atoms with Crippen LogP contribution < -0.4 is 4.72 Å². The van der Waals surface area contributed by atoms with Crippen molar-refractivity contribution >= 4 is 31.6 Å². The molecule has 2 aromatic heterocycles. The Labute approximate surface area is 205 Å². The van der Waals surface area contributed by atoms with Crippen molar-refractivity contribution in [3.05, 3.63) is 115 Å². The summed E-state index contributed by atoms with van der Waals surface area (Å²) in [5.74, 6) is 0. The molecule has 0 aliphatic carbocycles. The Kier molecular flexibility index (Phi) is 6.81. The molecular weight excluding hydrogens is 456 g/mol. The molecular formula is C28H26N4O2S. The predicted molar refractivity (Wildman–Crippen MR) is 139 cm³/mol. The summed E-state index contributed by atoms with van der Waals surface area (Å²) in [6, 6.07) is 28.8. The van der Waals surface area contributed by atoms with E-state index in [0.717, 1.165) is 32.9 Å². The third-order valence-electron chi connectivity index (χ3n) is 6.03. The molecule has 0 saturated heterocycles. The average Bonchev–Trinajstić information content (AvgIpc) is 2.89. The molecule has 3 aromatic carbocycles. The summed E-state index contributed by atoms with van der Waals surface area (Å²) in [6.07, 6.45) is 3.65. The van der Waals surface area contributed by atoms with Gasteiger partial charge in [-0.2, -0.15) is 0 Å². The molecule has 0 amide bonds. The van der Waals surface area contributed by atoms with Gasteiger partial charge in [0.15, 0.2) is 0 Å². The molecule has 2 heterocycles. The van der Waals surface area contributed by atoms with Gasteiger partial charge >= 0.3 is 0 Å². The molecule has 0 spiro atoms. The molecule has 176 valence electrons. The third-order valence-corrected chi connectivity index (χ3v) is 7.51. The Morgan fingerprint density at radius 1 is 0.657 bits per heavy atom. The fourth-order valence-electron chi connectivity index (χ4n) is 4.28. The number of hydrogen-bond acceptors (Lipinski definition) is 5. The number of fused-ring (bicyclic) bond motifs is 2. The van der Waals surface area contributed by atoms with E-state index in [9.17, 15) is 8.42 Å². The molecule has 0 aliphatic heterocycles. The second-order valence-electron chi connectivity index (χ2n) is 8.38. The molecule has 0 atom stereocenters. The number of pyridine rings is 2. The second kappa shape index (κ2) is 10.3. The highest BCUT2D eigenvalue weighted by molar-refractivity contribution is 7.89. The first kappa shape index (κ1) is 23.1. The van der Waals surface area contributed by atoms with E-state index in [1.165, 1.54) is 0 Å². The monoisotopic (exact) mass is 482 g/mol. The number of sulfonamides is 1. The van der Waals surface area contributed by atoms with Crippen molar-refractivity contribution in [2.45, 2.75) is 18.0 Å². The number of hydrogen-bond donors (Lipinski definition) is 1. The summed E-state index contributed by atoms with van der Waals surface area (Å²) in [5.41, 5.74) is 1.91. The second-order valence-corrected chi connectivity index (χ2v) is 10.1. The molecule has 0 radical (unpaired) electrons. The number of nitrogens with one attached hydrogen (secondary N) is 1. The highest BCUT2D eigenvalue weighted by Gasteiger charge is 2.16. The summed E-state index contributed by atoms with van der Waals surface area (Å²) in [7, 11) is -3.58. The largest absolute Gasteiger partial charge is 0.290 e. The highest BCUT2D eigenvalue weighted by Crippen LogP contribution is 2.21. The number of benzene rings is 3. The van der Waals surface area contributed by atoms with Crippen molar-refractivity contribution in [3.8, 4) is 0 Å². The maximum Gasteiger partial charge on any atom is 0.240 e. The molecule has 0 bridgehead atoms. The van der Waals surface area contributed by atoms with E-state index < -0.39 is 10.0 Å². The molecule has 0 unspecified atom stereocenters. The lowest BCUT2D eigenvalue weighted by atomic mass is 10.1. The van der Waals surface area contributed by atoms with Crippen LogP contribution in [0, 0.1) is 0 Å². The molecule has 6 nitrogen and oxygen atoms in total. The van der Waals surface area contributed by atoms with Crippen LogP contribution in [0.4, 0.5) is 0 Å². The highest BCUT2D eigenvalue weighted by atomic mass is 32.2. The standard InChI is InChI=1S/C28H26N4O2S/c33-35(34,24-10-2-1-3-11-24)31-18-19-32(20-27-25-12-6-4-8-22(25)14-16-29-27)21-28-26-13-7-5-9-23(26)15-17-30-28/h1-17,31H,18-21H2. The Balaban J connectivity index is 1.40. The lowest BCUT2D eigenvalue weighted by Crippen LogP contribution is -2.35. The van der Waals surface area contributed by atoms with Crippen molar-refractivity contribution < 1.29 is 8.42 Å². The Hall–Kier alpha value is -3.65. The van der Waals surface area contributed by atoms with Crippen molar-refractivity contribution in [2.24, 2.45) is 0 Å². The number of nitrogens with zero attached hydrogens (tertiary/aromatic N) is 3. The summed E-state index contributed by atoms with van der Waals surface area (Å²) in [5, 5.41) is 4.45. The van der Waals surface area contributed by atoms with E-state index in [-0.39, 0.29) is 11.4 Å². The van der Waals surface area contributed by atoms with Gasteiger partial charge in [-0.25, -0.2) is 13.1 Å². The van der Waals surface area contributed by atoms with Crippen molar-refractivity contribution in [1.29, 1.82) is 0 Å². The third kappa shape index (κ3) is 5.38. The van der Waals surface area contributed by atoms with E-state index in [1.54, 1.807) is 30.3 Å². The van der Waals surface area contributed by atoms with Gasteiger partial charge in [0.05, 0.1) is 16.3 Å². The van der Waals surface area contributed by atoms with E-state index in [1.807, 2.05) is 48.8 Å². The van der Waals surface area contributed by atoms with Crippen LogP contribution in [-0.4, -0.2) is 36.4 Å². The van der Waals surface area contributed by atoms with Gasteiger partial charge in [0.25, 0.3) is 0 Å². The van der Waals surface area contributed by atoms with Crippen LogP contribution >= 0.6 is 0 Å². The van der Waals surface area contributed by atoms with Gasteiger partial charge in [-0.15, -0.1) is 0 Å². The summed E-state index contributed by atoms with van der Waals surface area (Å²) in [6.45, 7) is 1.91. The molecule has 0 saturated carbocycles. The summed E-state index contributed by atoms with van der Waals surface area (Å²) < 4.78 is 28.2. The SMILES string of the molecule is O=S(=O)(NCCN(Cc1nccc2ccccc12)Cc1nccc2ccccc12)c1ccccc1. The topological polar surface area (TPSA) is 75.2 Å². The quantitative estimate of drug-likeness (QED) is 0.328. The van der Waals surface area contributed by atoms with Crippen molar-refractivity contribution in [1.82, 2.24) is 19.6 Å². The van der Waals surface area contributed by atoms with Crippen LogP contribution in [0.15, 0.2) is 108 Å². The van der Waals surface area contributed by atoms with Crippen LogP contribution in [0.25, 0.3) is 21.5 Å². The fourth-order valence-corrected chi connectivity index (χ4v) is 5.32. The zero-order valence-corrected chi connectivity index (χ0v) is 20.0. The lowest BCUT2D eigenvalue weighted by molar-refractivity contribution is 0.257. The molecule has 5 rings (SSSR count). The Morgan fingerprint density at radius 2 is 1.17 bits per heavy atom. The van der Waals surface area contributed by atoms with E-state index in [2.05, 4.69) is 43.9 Å². The van der Waals surface area contributed by atoms with Crippen LogP contribution in [0.3, 0.4) is 0 Å². The zero-order valence-electron chi connectivity index (χ0n) is 19.2. The fraction of sp³-hybridized carbons (Fsp3) is 0.143. The zero-order chi connectivity index (χ0) is 24.1. The maximum atomic E-state index is 12.7. The smallest absolute Gasteiger partial charge is 0.240 e. The average molecular weight is 483 g/mol. The first-order valence-electron chi connectivity index (χ1n) is 11.5. The van der Waals surface area contributed by atoms with Gasteiger partial charge < -0.3 is 0 Å². The minimum atomic E-state index is -3.58. The first-order chi connectivity index (χ1) is 17.1. The van der Waals surface area contributed by atoms with Crippen LogP contribution in [0.5, 0.6) is 0 Å². The summed E-state index contributed by atoms with van der Waals surface area (Å²) >= 11 is 0. The van der Waals surface area contributed by atoms with E-state index >= 15 is 0 Å². The molecule has 0 fully saturated rings. The minimum Gasteiger partial charge on any atom is -0.290 e. The van der Waals surface area contributed by atoms with Gasteiger partial charge in [-0.3, -0.25) is 14.9 Å². The predicted octanol–water partition coefficient (Wildman–Crippen LogP) is 4.76. The molecule has 1 N–H and O–H groups in total. The Bertz CT molecular complexity index is 1460.